The number of benzene rings is 1. The second-order valence-electron chi connectivity index (χ2n) is 6.40. The number of fused-ring (bicyclic) bond motifs is 1. The van der Waals surface area contributed by atoms with Crippen LogP contribution in [0, 0.1) is 0 Å². The van der Waals surface area contributed by atoms with Gasteiger partial charge in [0.2, 0.25) is 0 Å². The monoisotopic (exact) mass is 411 g/mol. The van der Waals surface area contributed by atoms with Gasteiger partial charge in [0.25, 0.3) is 0 Å². The van der Waals surface area contributed by atoms with E-state index >= 15 is 0 Å². The summed E-state index contributed by atoms with van der Waals surface area (Å²) in [5.74, 6) is 0.677. The van der Waals surface area contributed by atoms with E-state index in [0.717, 1.165) is 22.5 Å². The van der Waals surface area contributed by atoms with Crippen molar-refractivity contribution in [3.8, 4) is 0 Å². The van der Waals surface area contributed by atoms with E-state index in [1.165, 1.54) is 18.3 Å². The van der Waals surface area contributed by atoms with Gasteiger partial charge in [-0.05, 0) is 35.9 Å². The number of pyridine rings is 2. The number of alkyl halides is 3. The lowest BCUT2D eigenvalue weighted by Gasteiger charge is -2.12. The van der Waals surface area contributed by atoms with Crippen molar-refractivity contribution < 1.29 is 13.2 Å². The Hall–Kier alpha value is -3.95. The largest absolute Gasteiger partial charge is 0.433 e. The first kappa shape index (κ1) is 19.4. The number of nitrogen functional groups attached to an aromatic ring is 1. The highest BCUT2D eigenvalue weighted by Gasteiger charge is 2.32. The van der Waals surface area contributed by atoms with Gasteiger partial charge in [-0.3, -0.25) is 4.98 Å². The van der Waals surface area contributed by atoms with Crippen LogP contribution in [0.25, 0.3) is 10.9 Å². The van der Waals surface area contributed by atoms with Crippen molar-refractivity contribution in [2.45, 2.75) is 12.7 Å². The number of halogens is 3. The lowest BCUT2D eigenvalue weighted by Crippen LogP contribution is -2.10. The fourth-order valence-electron chi connectivity index (χ4n) is 2.80. The van der Waals surface area contributed by atoms with E-state index in [9.17, 15) is 13.2 Å². The molecule has 10 heteroatoms. The minimum absolute atomic E-state index is 0.00289. The van der Waals surface area contributed by atoms with Crippen LogP contribution in [0.2, 0.25) is 0 Å². The summed E-state index contributed by atoms with van der Waals surface area (Å²) in [7, 11) is 0. The third kappa shape index (κ3) is 4.37. The summed E-state index contributed by atoms with van der Waals surface area (Å²) in [5, 5.41) is 6.82. The smallest absolute Gasteiger partial charge is 0.381 e. The van der Waals surface area contributed by atoms with Crippen LogP contribution >= 0.6 is 0 Å². The standard InChI is InChI=1S/C20H16F3N7/c21-20(22,23)15-4-1-5-16(28-15)29-17-11-26-18(24)19(30-17)27-10-12-6-7-14-13(9-12)3-2-8-25-14/h1-9,11H,10H2,(H2,24,26)(H2,27,28,29,30). The molecule has 3 aromatic heterocycles. The predicted octanol–water partition coefficient (Wildman–Crippen LogP) is 4.38. The molecule has 0 aliphatic carbocycles. The topological polar surface area (TPSA) is 102 Å². The van der Waals surface area contributed by atoms with Crippen molar-refractivity contribution in [3.05, 3.63) is 72.2 Å². The molecular weight excluding hydrogens is 395 g/mol. The van der Waals surface area contributed by atoms with Gasteiger partial charge in [-0.15, -0.1) is 0 Å². The molecule has 0 atom stereocenters. The molecule has 0 spiro atoms. The summed E-state index contributed by atoms with van der Waals surface area (Å²) in [5.41, 5.74) is 6.75. The maximum absolute atomic E-state index is 12.8. The number of nitrogens with two attached hydrogens (primary N) is 1. The van der Waals surface area contributed by atoms with Crippen LogP contribution in [0.5, 0.6) is 0 Å². The second-order valence-corrected chi connectivity index (χ2v) is 6.40. The molecule has 4 aromatic rings. The van der Waals surface area contributed by atoms with E-state index in [2.05, 4.69) is 30.6 Å². The lowest BCUT2D eigenvalue weighted by atomic mass is 10.1. The van der Waals surface area contributed by atoms with Gasteiger partial charge >= 0.3 is 6.18 Å². The van der Waals surface area contributed by atoms with Crippen molar-refractivity contribution in [1.29, 1.82) is 0 Å². The molecule has 0 aliphatic heterocycles. The number of nitrogens with zero attached hydrogens (tertiary/aromatic N) is 4. The SMILES string of the molecule is Nc1ncc(Nc2cccc(C(F)(F)F)n2)nc1NCc1ccc2ncccc2c1. The summed E-state index contributed by atoms with van der Waals surface area (Å²) in [4.78, 5) is 16.2. The molecule has 4 N–H and O–H groups in total. The van der Waals surface area contributed by atoms with E-state index in [4.69, 9.17) is 5.73 Å². The molecule has 4 rings (SSSR count). The zero-order valence-electron chi connectivity index (χ0n) is 15.5. The summed E-state index contributed by atoms with van der Waals surface area (Å²) < 4.78 is 38.5. The summed E-state index contributed by atoms with van der Waals surface area (Å²) in [6, 6.07) is 13.2. The Bertz CT molecular complexity index is 1190. The van der Waals surface area contributed by atoms with Crippen LogP contribution in [-0.2, 0) is 12.7 Å². The Morgan fingerprint density at radius 1 is 0.933 bits per heavy atom. The van der Waals surface area contributed by atoms with E-state index < -0.39 is 11.9 Å². The highest BCUT2D eigenvalue weighted by atomic mass is 19.4. The first-order chi connectivity index (χ1) is 14.4. The third-order valence-electron chi connectivity index (χ3n) is 4.22. The third-order valence-corrected chi connectivity index (χ3v) is 4.22. The minimum atomic E-state index is -4.54. The van der Waals surface area contributed by atoms with Gasteiger partial charge in [0, 0.05) is 18.1 Å². The molecule has 0 unspecified atom stereocenters. The number of nitrogens with one attached hydrogen (secondary N) is 2. The number of rotatable bonds is 5. The van der Waals surface area contributed by atoms with E-state index in [1.807, 2.05) is 30.3 Å². The van der Waals surface area contributed by atoms with Crippen molar-refractivity contribution in [2.24, 2.45) is 0 Å². The van der Waals surface area contributed by atoms with E-state index in [1.54, 1.807) is 6.20 Å². The fourth-order valence-corrected chi connectivity index (χ4v) is 2.80. The summed E-state index contributed by atoms with van der Waals surface area (Å²) in [6.07, 6.45) is -1.48. The maximum Gasteiger partial charge on any atom is 0.433 e. The van der Waals surface area contributed by atoms with Gasteiger partial charge in [0.15, 0.2) is 17.5 Å². The predicted molar refractivity (Wildman–Crippen MR) is 108 cm³/mol. The van der Waals surface area contributed by atoms with Crippen LogP contribution in [-0.4, -0.2) is 19.9 Å². The molecule has 1 aromatic carbocycles. The molecule has 30 heavy (non-hydrogen) atoms. The van der Waals surface area contributed by atoms with Gasteiger partial charge in [0.05, 0.1) is 11.7 Å². The number of aromatic nitrogens is 4. The molecule has 152 valence electrons. The Balaban J connectivity index is 1.50. The normalized spacial score (nSPS) is 11.4. The van der Waals surface area contributed by atoms with Gasteiger partial charge < -0.3 is 16.4 Å². The van der Waals surface area contributed by atoms with Gasteiger partial charge in [0.1, 0.15) is 11.5 Å². The van der Waals surface area contributed by atoms with Gasteiger partial charge in [-0.25, -0.2) is 15.0 Å². The summed E-state index contributed by atoms with van der Waals surface area (Å²) in [6.45, 7) is 0.426. The average molecular weight is 411 g/mol. The Kier molecular flexibility index (Phi) is 5.05. The summed E-state index contributed by atoms with van der Waals surface area (Å²) >= 11 is 0. The molecule has 0 bridgehead atoms. The highest BCUT2D eigenvalue weighted by molar-refractivity contribution is 5.79. The molecule has 0 amide bonds. The second kappa shape index (κ2) is 7.82. The van der Waals surface area contributed by atoms with Gasteiger partial charge in [-0.2, -0.15) is 13.2 Å². The zero-order valence-corrected chi connectivity index (χ0v) is 15.5. The molecule has 0 radical (unpaired) electrons. The quantitative estimate of drug-likeness (QED) is 0.448. The Labute approximate surface area is 169 Å². The number of hydrogen-bond acceptors (Lipinski definition) is 7. The van der Waals surface area contributed by atoms with Crippen molar-refractivity contribution in [2.75, 3.05) is 16.4 Å². The molecule has 0 saturated heterocycles. The molecule has 7 nitrogen and oxygen atoms in total. The van der Waals surface area contributed by atoms with Crippen LogP contribution in [0.4, 0.5) is 36.4 Å². The number of hydrogen-bond donors (Lipinski definition) is 3. The average Bonchev–Trinajstić information content (AvgIpc) is 2.73. The Morgan fingerprint density at radius 3 is 2.63 bits per heavy atom. The van der Waals surface area contributed by atoms with Crippen LogP contribution in [0.1, 0.15) is 11.3 Å². The molecule has 0 saturated carbocycles. The lowest BCUT2D eigenvalue weighted by molar-refractivity contribution is -0.141. The molecule has 0 aliphatic rings. The maximum atomic E-state index is 12.8. The van der Waals surface area contributed by atoms with Crippen LogP contribution < -0.4 is 16.4 Å². The first-order valence-corrected chi connectivity index (χ1v) is 8.90. The molecular formula is C20H16F3N7. The van der Waals surface area contributed by atoms with Crippen molar-refractivity contribution in [1.82, 2.24) is 19.9 Å². The Morgan fingerprint density at radius 2 is 1.80 bits per heavy atom. The van der Waals surface area contributed by atoms with Crippen LogP contribution in [0.3, 0.4) is 0 Å². The zero-order chi connectivity index (χ0) is 21.1. The van der Waals surface area contributed by atoms with Gasteiger partial charge in [-0.1, -0.05) is 18.2 Å². The van der Waals surface area contributed by atoms with Crippen molar-refractivity contribution in [3.63, 3.8) is 0 Å². The van der Waals surface area contributed by atoms with E-state index in [-0.39, 0.29) is 17.5 Å². The number of anilines is 4. The van der Waals surface area contributed by atoms with Crippen molar-refractivity contribution >= 4 is 34.2 Å². The fraction of sp³-hybridized carbons (Fsp3) is 0.100. The van der Waals surface area contributed by atoms with E-state index in [0.29, 0.717) is 12.4 Å². The van der Waals surface area contributed by atoms with Crippen LogP contribution in [0.15, 0.2) is 60.9 Å². The highest BCUT2D eigenvalue weighted by Crippen LogP contribution is 2.29. The first-order valence-electron chi connectivity index (χ1n) is 8.90. The molecule has 0 fully saturated rings. The minimum Gasteiger partial charge on any atom is -0.381 e. The molecule has 3 heterocycles.